The summed E-state index contributed by atoms with van der Waals surface area (Å²) in [4.78, 5) is 2.52. The van der Waals surface area contributed by atoms with Crippen LogP contribution < -0.4 is 5.32 Å². The van der Waals surface area contributed by atoms with Gasteiger partial charge in [0.1, 0.15) is 0 Å². The molecule has 2 atom stereocenters. The van der Waals surface area contributed by atoms with E-state index >= 15 is 0 Å². The number of hydrogen-bond acceptors (Lipinski definition) is 3. The van der Waals surface area contributed by atoms with Crippen LogP contribution in [0.15, 0.2) is 0 Å². The first-order chi connectivity index (χ1) is 6.71. The number of likely N-dealkylation sites (N-methyl/N-ethyl adjacent to an activating group) is 1. The van der Waals surface area contributed by atoms with Crippen molar-refractivity contribution in [2.75, 3.05) is 20.7 Å². The minimum Gasteiger partial charge on any atom is -0.394 e. The van der Waals surface area contributed by atoms with Crippen LogP contribution in [0.4, 0.5) is 0 Å². The van der Waals surface area contributed by atoms with Gasteiger partial charge in [0.25, 0.3) is 0 Å². The molecule has 0 saturated heterocycles. The Morgan fingerprint density at radius 1 is 1.36 bits per heavy atom. The van der Waals surface area contributed by atoms with E-state index in [-0.39, 0.29) is 12.1 Å². The fourth-order valence-electron chi connectivity index (χ4n) is 2.68. The van der Waals surface area contributed by atoms with Crippen molar-refractivity contribution in [1.29, 1.82) is 0 Å². The minimum absolute atomic E-state index is 0.00775. The molecule has 0 aromatic rings. The lowest BCUT2D eigenvalue weighted by atomic mass is 9.99. The normalized spacial score (nSPS) is 38.1. The van der Waals surface area contributed by atoms with E-state index in [0.29, 0.717) is 6.04 Å². The van der Waals surface area contributed by atoms with Gasteiger partial charge in [-0.1, -0.05) is 0 Å². The van der Waals surface area contributed by atoms with Crippen LogP contribution in [0, 0.1) is 0 Å². The first-order valence-corrected chi connectivity index (χ1v) is 5.72. The Bertz CT molecular complexity index is 199. The molecule has 2 aliphatic carbocycles. The summed E-state index contributed by atoms with van der Waals surface area (Å²) in [6.45, 7) is 0.276. The van der Waals surface area contributed by atoms with Gasteiger partial charge in [-0.15, -0.1) is 0 Å². The molecule has 0 aliphatic heterocycles. The molecule has 0 aromatic heterocycles. The van der Waals surface area contributed by atoms with Crippen LogP contribution in [0.25, 0.3) is 0 Å². The fraction of sp³-hybridized carbons (Fsp3) is 1.00. The Balaban J connectivity index is 1.92. The van der Waals surface area contributed by atoms with Gasteiger partial charge < -0.3 is 15.3 Å². The summed E-state index contributed by atoms with van der Waals surface area (Å²) in [7, 11) is 4.21. The largest absolute Gasteiger partial charge is 0.394 e. The van der Waals surface area contributed by atoms with Gasteiger partial charge in [-0.05, 0) is 46.2 Å². The Hall–Kier alpha value is -0.120. The Morgan fingerprint density at radius 2 is 2.07 bits per heavy atom. The topological polar surface area (TPSA) is 35.5 Å². The van der Waals surface area contributed by atoms with Crippen LogP contribution in [0.3, 0.4) is 0 Å². The zero-order chi connectivity index (χ0) is 10.2. The molecule has 2 fully saturated rings. The molecule has 0 spiro atoms. The van der Waals surface area contributed by atoms with E-state index in [1.807, 2.05) is 7.05 Å². The standard InChI is InChI=1S/C11H22N2O/c1-12-11(8-14)6-5-10(7-11)13(2)9-3-4-9/h9-10,12,14H,3-8H2,1-2H3. The SMILES string of the molecule is CNC1(CO)CCC(N(C)C2CC2)C1. The number of nitrogens with one attached hydrogen (secondary N) is 1. The van der Waals surface area contributed by atoms with Gasteiger partial charge in [-0.3, -0.25) is 0 Å². The predicted molar refractivity (Wildman–Crippen MR) is 57.3 cm³/mol. The maximum atomic E-state index is 9.39. The van der Waals surface area contributed by atoms with E-state index in [1.54, 1.807) is 0 Å². The van der Waals surface area contributed by atoms with E-state index < -0.39 is 0 Å². The molecule has 2 unspecified atom stereocenters. The first kappa shape index (κ1) is 10.4. The smallest absolute Gasteiger partial charge is 0.0613 e. The number of rotatable bonds is 4. The van der Waals surface area contributed by atoms with Crippen LogP contribution in [0.2, 0.25) is 0 Å². The highest BCUT2D eigenvalue weighted by Gasteiger charge is 2.42. The van der Waals surface area contributed by atoms with Gasteiger partial charge in [0.2, 0.25) is 0 Å². The lowest BCUT2D eigenvalue weighted by Crippen LogP contribution is -2.45. The van der Waals surface area contributed by atoms with E-state index in [0.717, 1.165) is 18.9 Å². The van der Waals surface area contributed by atoms with E-state index in [1.165, 1.54) is 19.3 Å². The highest BCUT2D eigenvalue weighted by Crippen LogP contribution is 2.37. The molecule has 2 aliphatic rings. The second-order valence-electron chi connectivity index (χ2n) is 4.98. The molecule has 2 saturated carbocycles. The molecular weight excluding hydrogens is 176 g/mol. The number of hydrogen-bond donors (Lipinski definition) is 2. The lowest BCUT2D eigenvalue weighted by molar-refractivity contribution is 0.155. The second kappa shape index (κ2) is 3.80. The molecule has 14 heavy (non-hydrogen) atoms. The van der Waals surface area contributed by atoms with Gasteiger partial charge in [0.05, 0.1) is 6.61 Å². The first-order valence-electron chi connectivity index (χ1n) is 5.72. The predicted octanol–water partition coefficient (Wildman–Crippen LogP) is 0.584. The van der Waals surface area contributed by atoms with Gasteiger partial charge in [-0.25, -0.2) is 0 Å². The van der Waals surface area contributed by atoms with E-state index in [2.05, 4.69) is 17.3 Å². The molecular formula is C11H22N2O. The van der Waals surface area contributed by atoms with Gasteiger partial charge in [0.15, 0.2) is 0 Å². The maximum absolute atomic E-state index is 9.39. The molecule has 0 aromatic carbocycles. The third kappa shape index (κ3) is 1.81. The van der Waals surface area contributed by atoms with Crippen LogP contribution in [-0.2, 0) is 0 Å². The van der Waals surface area contributed by atoms with Gasteiger partial charge >= 0.3 is 0 Å². The molecule has 3 heteroatoms. The van der Waals surface area contributed by atoms with E-state index in [4.69, 9.17) is 0 Å². The number of aliphatic hydroxyl groups is 1. The number of aliphatic hydroxyl groups excluding tert-OH is 1. The second-order valence-corrected chi connectivity index (χ2v) is 4.98. The third-order valence-corrected chi connectivity index (χ3v) is 4.11. The van der Waals surface area contributed by atoms with Crippen molar-refractivity contribution < 1.29 is 5.11 Å². The molecule has 0 heterocycles. The molecule has 3 nitrogen and oxygen atoms in total. The van der Waals surface area contributed by atoms with Crippen LogP contribution in [0.1, 0.15) is 32.1 Å². The summed E-state index contributed by atoms with van der Waals surface area (Å²) in [5.41, 5.74) is 0.00775. The zero-order valence-corrected chi connectivity index (χ0v) is 9.29. The van der Waals surface area contributed by atoms with Crippen molar-refractivity contribution in [2.45, 2.75) is 49.7 Å². The van der Waals surface area contributed by atoms with Crippen molar-refractivity contribution in [3.05, 3.63) is 0 Å². The maximum Gasteiger partial charge on any atom is 0.0613 e. The zero-order valence-electron chi connectivity index (χ0n) is 9.29. The molecule has 0 bridgehead atoms. The Morgan fingerprint density at radius 3 is 2.50 bits per heavy atom. The monoisotopic (exact) mass is 198 g/mol. The Labute approximate surface area is 86.5 Å². The van der Waals surface area contributed by atoms with Crippen LogP contribution in [-0.4, -0.2) is 48.3 Å². The summed E-state index contributed by atoms with van der Waals surface area (Å²) in [5, 5.41) is 12.7. The average molecular weight is 198 g/mol. The Kier molecular flexibility index (Phi) is 2.82. The summed E-state index contributed by atoms with van der Waals surface area (Å²) in [6.07, 6.45) is 6.19. The van der Waals surface area contributed by atoms with Crippen molar-refractivity contribution in [3.8, 4) is 0 Å². The molecule has 0 radical (unpaired) electrons. The molecule has 2 N–H and O–H groups in total. The highest BCUT2D eigenvalue weighted by atomic mass is 16.3. The fourth-order valence-corrected chi connectivity index (χ4v) is 2.68. The van der Waals surface area contributed by atoms with Crippen molar-refractivity contribution in [1.82, 2.24) is 10.2 Å². The third-order valence-electron chi connectivity index (χ3n) is 4.11. The molecule has 2 rings (SSSR count). The summed E-state index contributed by atoms with van der Waals surface area (Å²) in [6, 6.07) is 1.52. The van der Waals surface area contributed by atoms with Crippen LogP contribution in [0.5, 0.6) is 0 Å². The van der Waals surface area contributed by atoms with Crippen molar-refractivity contribution >= 4 is 0 Å². The lowest BCUT2D eigenvalue weighted by Gasteiger charge is -2.29. The summed E-state index contributed by atoms with van der Waals surface area (Å²) < 4.78 is 0. The summed E-state index contributed by atoms with van der Waals surface area (Å²) in [5.74, 6) is 0. The van der Waals surface area contributed by atoms with Crippen LogP contribution >= 0.6 is 0 Å². The quantitative estimate of drug-likeness (QED) is 0.694. The van der Waals surface area contributed by atoms with Crippen molar-refractivity contribution in [3.63, 3.8) is 0 Å². The number of nitrogens with zero attached hydrogens (tertiary/aromatic N) is 1. The highest BCUT2D eigenvalue weighted by molar-refractivity contribution is 5.00. The summed E-state index contributed by atoms with van der Waals surface area (Å²) >= 11 is 0. The van der Waals surface area contributed by atoms with Crippen molar-refractivity contribution in [2.24, 2.45) is 0 Å². The minimum atomic E-state index is 0.00775. The van der Waals surface area contributed by atoms with Gasteiger partial charge in [-0.2, -0.15) is 0 Å². The van der Waals surface area contributed by atoms with Gasteiger partial charge in [0, 0.05) is 17.6 Å². The van der Waals surface area contributed by atoms with E-state index in [9.17, 15) is 5.11 Å². The average Bonchev–Trinajstić information content (AvgIpc) is 2.97. The molecule has 0 amide bonds. The molecule has 82 valence electrons.